The van der Waals surface area contributed by atoms with Gasteiger partial charge in [0.25, 0.3) is 0 Å². The average molecular weight is 247 g/mol. The number of nitrogens with zero attached hydrogens (tertiary/aromatic N) is 2. The van der Waals surface area contributed by atoms with Gasteiger partial charge in [-0.25, -0.2) is 9.37 Å². The van der Waals surface area contributed by atoms with Crippen LogP contribution in [0.2, 0.25) is 0 Å². The molecule has 1 heterocycles. The molecule has 0 aliphatic carbocycles. The monoisotopic (exact) mass is 247 g/mol. The molecule has 0 aliphatic rings. The fourth-order valence-electron chi connectivity index (χ4n) is 1.95. The summed E-state index contributed by atoms with van der Waals surface area (Å²) >= 11 is 0. The van der Waals surface area contributed by atoms with Crippen LogP contribution in [0.15, 0.2) is 30.7 Å². The van der Waals surface area contributed by atoms with Crippen LogP contribution in [0.25, 0.3) is 5.69 Å². The van der Waals surface area contributed by atoms with E-state index < -0.39 is 0 Å². The van der Waals surface area contributed by atoms with Crippen LogP contribution < -0.4 is 5.73 Å². The summed E-state index contributed by atoms with van der Waals surface area (Å²) in [6, 6.07) is 4.91. The predicted octanol–water partition coefficient (Wildman–Crippen LogP) is 2.98. The second-order valence-electron chi connectivity index (χ2n) is 4.84. The Morgan fingerprint density at radius 1 is 1.33 bits per heavy atom. The van der Waals surface area contributed by atoms with Gasteiger partial charge in [0.2, 0.25) is 0 Å². The number of aromatic nitrogens is 2. The standard InChI is InChI=1S/C14H18FN3/c1-9(2)14(16)13-7-17-8-18(13)12-6-4-5-11(15)10(12)3/h4-9,14H,16H2,1-3H3. The Bertz CT molecular complexity index is 546. The third-order valence-corrected chi connectivity index (χ3v) is 3.23. The van der Waals surface area contributed by atoms with E-state index in [-0.39, 0.29) is 11.9 Å². The zero-order valence-electron chi connectivity index (χ0n) is 10.9. The lowest BCUT2D eigenvalue weighted by atomic mass is 10.0. The molecule has 1 unspecified atom stereocenters. The minimum atomic E-state index is -0.217. The van der Waals surface area contributed by atoms with Crippen LogP contribution >= 0.6 is 0 Å². The Hall–Kier alpha value is -1.68. The lowest BCUT2D eigenvalue weighted by molar-refractivity contribution is 0.496. The molecular formula is C14H18FN3. The minimum Gasteiger partial charge on any atom is -0.322 e. The van der Waals surface area contributed by atoms with Gasteiger partial charge in [0, 0.05) is 11.6 Å². The zero-order chi connectivity index (χ0) is 13.3. The molecule has 96 valence electrons. The van der Waals surface area contributed by atoms with Crippen molar-refractivity contribution < 1.29 is 4.39 Å². The summed E-state index contributed by atoms with van der Waals surface area (Å²) in [5.74, 6) is 0.0829. The van der Waals surface area contributed by atoms with Crippen molar-refractivity contribution in [3.63, 3.8) is 0 Å². The third-order valence-electron chi connectivity index (χ3n) is 3.23. The van der Waals surface area contributed by atoms with Crippen molar-refractivity contribution in [2.45, 2.75) is 26.8 Å². The largest absolute Gasteiger partial charge is 0.322 e. The second-order valence-corrected chi connectivity index (χ2v) is 4.84. The van der Waals surface area contributed by atoms with E-state index in [4.69, 9.17) is 5.73 Å². The first-order valence-electron chi connectivity index (χ1n) is 6.05. The number of benzene rings is 1. The Morgan fingerprint density at radius 2 is 2.06 bits per heavy atom. The van der Waals surface area contributed by atoms with Crippen molar-refractivity contribution in [2.75, 3.05) is 0 Å². The van der Waals surface area contributed by atoms with Crippen LogP contribution in [0.5, 0.6) is 0 Å². The summed E-state index contributed by atoms with van der Waals surface area (Å²) in [4.78, 5) is 4.13. The Balaban J connectivity index is 2.52. The summed E-state index contributed by atoms with van der Waals surface area (Å²) in [6.07, 6.45) is 3.42. The van der Waals surface area contributed by atoms with Gasteiger partial charge in [-0.3, -0.25) is 0 Å². The molecule has 2 N–H and O–H groups in total. The number of halogens is 1. The predicted molar refractivity (Wildman–Crippen MR) is 70.0 cm³/mol. The molecular weight excluding hydrogens is 229 g/mol. The molecule has 0 radical (unpaired) electrons. The molecule has 1 aromatic carbocycles. The first-order chi connectivity index (χ1) is 8.52. The molecule has 1 aromatic heterocycles. The van der Waals surface area contributed by atoms with Gasteiger partial charge in [0.15, 0.2) is 0 Å². The molecule has 0 saturated carbocycles. The Kier molecular flexibility index (Phi) is 3.48. The van der Waals surface area contributed by atoms with Gasteiger partial charge in [-0.05, 0) is 25.0 Å². The molecule has 0 amide bonds. The maximum atomic E-state index is 13.6. The molecule has 18 heavy (non-hydrogen) atoms. The van der Waals surface area contributed by atoms with Crippen molar-refractivity contribution in [3.8, 4) is 5.69 Å². The van der Waals surface area contributed by atoms with Crippen molar-refractivity contribution in [1.29, 1.82) is 0 Å². The van der Waals surface area contributed by atoms with Gasteiger partial charge in [-0.2, -0.15) is 0 Å². The van der Waals surface area contributed by atoms with Crippen LogP contribution in [-0.2, 0) is 0 Å². The first kappa shape index (κ1) is 12.8. The number of rotatable bonds is 3. The van der Waals surface area contributed by atoms with Gasteiger partial charge in [0.05, 0.1) is 23.9 Å². The van der Waals surface area contributed by atoms with Crippen molar-refractivity contribution in [1.82, 2.24) is 9.55 Å². The highest BCUT2D eigenvalue weighted by Crippen LogP contribution is 2.24. The summed E-state index contributed by atoms with van der Waals surface area (Å²) in [6.45, 7) is 5.87. The molecule has 2 rings (SSSR count). The van der Waals surface area contributed by atoms with Gasteiger partial charge in [-0.15, -0.1) is 0 Å². The molecule has 0 fully saturated rings. The Labute approximate surface area is 106 Å². The van der Waals surface area contributed by atoms with Gasteiger partial charge < -0.3 is 10.3 Å². The average Bonchev–Trinajstić information content (AvgIpc) is 2.80. The van der Waals surface area contributed by atoms with E-state index in [0.29, 0.717) is 11.5 Å². The quantitative estimate of drug-likeness (QED) is 0.906. The van der Waals surface area contributed by atoms with E-state index in [9.17, 15) is 4.39 Å². The molecule has 4 heteroatoms. The highest BCUT2D eigenvalue weighted by molar-refractivity contribution is 5.42. The number of nitrogens with two attached hydrogens (primary N) is 1. The summed E-state index contributed by atoms with van der Waals surface area (Å²) in [5, 5.41) is 0. The molecule has 1 atom stereocenters. The van der Waals surface area contributed by atoms with Crippen molar-refractivity contribution >= 4 is 0 Å². The molecule has 0 bridgehead atoms. The van der Waals surface area contributed by atoms with E-state index in [2.05, 4.69) is 18.8 Å². The van der Waals surface area contributed by atoms with E-state index >= 15 is 0 Å². The normalized spacial score (nSPS) is 13.0. The maximum absolute atomic E-state index is 13.6. The lowest BCUT2D eigenvalue weighted by Crippen LogP contribution is -2.20. The van der Waals surface area contributed by atoms with E-state index in [0.717, 1.165) is 11.4 Å². The highest BCUT2D eigenvalue weighted by atomic mass is 19.1. The van der Waals surface area contributed by atoms with Crippen LogP contribution in [0.3, 0.4) is 0 Å². The van der Waals surface area contributed by atoms with Crippen LogP contribution in [-0.4, -0.2) is 9.55 Å². The summed E-state index contributed by atoms with van der Waals surface area (Å²) < 4.78 is 15.5. The van der Waals surface area contributed by atoms with Crippen molar-refractivity contribution in [3.05, 3.63) is 47.8 Å². The Morgan fingerprint density at radius 3 is 2.72 bits per heavy atom. The second kappa shape index (κ2) is 4.90. The zero-order valence-corrected chi connectivity index (χ0v) is 10.9. The smallest absolute Gasteiger partial charge is 0.128 e. The van der Waals surface area contributed by atoms with Crippen molar-refractivity contribution in [2.24, 2.45) is 11.7 Å². The van der Waals surface area contributed by atoms with Crippen LogP contribution in [0.1, 0.15) is 31.1 Å². The minimum absolute atomic E-state index is 0.116. The fourth-order valence-corrected chi connectivity index (χ4v) is 1.95. The summed E-state index contributed by atoms with van der Waals surface area (Å²) in [7, 11) is 0. The number of imidazole rings is 1. The molecule has 3 nitrogen and oxygen atoms in total. The van der Waals surface area contributed by atoms with E-state index in [1.165, 1.54) is 6.07 Å². The molecule has 0 spiro atoms. The molecule has 0 saturated heterocycles. The molecule has 0 aliphatic heterocycles. The van der Waals surface area contributed by atoms with Crippen LogP contribution in [0, 0.1) is 18.7 Å². The number of hydrogen-bond donors (Lipinski definition) is 1. The SMILES string of the molecule is Cc1c(F)cccc1-n1cncc1C(N)C(C)C. The van der Waals surface area contributed by atoms with Gasteiger partial charge in [-0.1, -0.05) is 19.9 Å². The third kappa shape index (κ3) is 2.16. The highest BCUT2D eigenvalue weighted by Gasteiger charge is 2.17. The van der Waals surface area contributed by atoms with Crippen LogP contribution in [0.4, 0.5) is 4.39 Å². The van der Waals surface area contributed by atoms with Gasteiger partial charge in [0.1, 0.15) is 5.82 Å². The molecule has 2 aromatic rings. The topological polar surface area (TPSA) is 43.8 Å². The van der Waals surface area contributed by atoms with Gasteiger partial charge >= 0.3 is 0 Å². The first-order valence-corrected chi connectivity index (χ1v) is 6.05. The lowest BCUT2D eigenvalue weighted by Gasteiger charge is -2.19. The number of hydrogen-bond acceptors (Lipinski definition) is 2. The summed E-state index contributed by atoms with van der Waals surface area (Å²) in [5.41, 5.74) is 8.45. The maximum Gasteiger partial charge on any atom is 0.128 e. The fraction of sp³-hybridized carbons (Fsp3) is 0.357. The van der Waals surface area contributed by atoms with E-state index in [1.807, 2.05) is 10.6 Å². The van der Waals surface area contributed by atoms with E-state index in [1.54, 1.807) is 25.5 Å².